The second kappa shape index (κ2) is 8.85. The van der Waals surface area contributed by atoms with Crippen LogP contribution in [-0.4, -0.2) is 36.2 Å². The van der Waals surface area contributed by atoms with Gasteiger partial charge in [0, 0.05) is 29.8 Å². The lowest BCUT2D eigenvalue weighted by Gasteiger charge is -2.34. The molecule has 0 amide bonds. The first-order valence-corrected chi connectivity index (χ1v) is 9.26. The van der Waals surface area contributed by atoms with Gasteiger partial charge in [0.05, 0.1) is 0 Å². The van der Waals surface area contributed by atoms with Crippen molar-refractivity contribution in [2.45, 2.75) is 26.7 Å². The smallest absolute Gasteiger partial charge is 0.170 e. The van der Waals surface area contributed by atoms with Crippen molar-refractivity contribution in [3.8, 4) is 0 Å². The van der Waals surface area contributed by atoms with Gasteiger partial charge in [-0.3, -0.25) is 0 Å². The molecule has 1 fully saturated rings. The fraction of sp³-hybridized carbons (Fsp3) is 0.588. The van der Waals surface area contributed by atoms with Crippen molar-refractivity contribution in [1.82, 2.24) is 10.2 Å². The van der Waals surface area contributed by atoms with E-state index in [2.05, 4.69) is 45.3 Å². The molecule has 0 radical (unpaired) electrons. The standard InChI is InChI=1S/C17H26BrN3S/c1-13-10-14(2)12-21(11-13)9-3-8-19-17(22)20-16-6-4-15(18)5-7-16/h4-7,13-14H,3,8-12H2,1-2H3,(H2,19,20,22)/t13-,14-/m1/s1. The molecule has 1 saturated heterocycles. The average molecular weight is 384 g/mol. The summed E-state index contributed by atoms with van der Waals surface area (Å²) < 4.78 is 1.07. The molecule has 0 bridgehead atoms. The summed E-state index contributed by atoms with van der Waals surface area (Å²) in [4.78, 5) is 2.59. The van der Waals surface area contributed by atoms with Gasteiger partial charge in [-0.05, 0) is 67.7 Å². The van der Waals surface area contributed by atoms with Crippen molar-refractivity contribution in [3.05, 3.63) is 28.7 Å². The van der Waals surface area contributed by atoms with Crippen LogP contribution in [0.25, 0.3) is 0 Å². The molecule has 1 aliphatic rings. The maximum absolute atomic E-state index is 5.33. The SMILES string of the molecule is C[C@@H]1C[C@@H](C)CN(CCCNC(=S)Nc2ccc(Br)cc2)C1. The minimum Gasteiger partial charge on any atom is -0.362 e. The number of piperidine rings is 1. The van der Waals surface area contributed by atoms with Gasteiger partial charge in [-0.15, -0.1) is 0 Å². The fourth-order valence-electron chi connectivity index (χ4n) is 3.19. The summed E-state index contributed by atoms with van der Waals surface area (Å²) in [6.07, 6.45) is 2.50. The van der Waals surface area contributed by atoms with E-state index in [1.54, 1.807) is 0 Å². The van der Waals surface area contributed by atoms with Crippen LogP contribution in [0.4, 0.5) is 5.69 Å². The molecule has 1 aliphatic heterocycles. The highest BCUT2D eigenvalue weighted by Gasteiger charge is 2.20. The Hall–Kier alpha value is -0.650. The molecule has 1 aromatic rings. The molecule has 0 unspecified atom stereocenters. The van der Waals surface area contributed by atoms with Gasteiger partial charge in [0.25, 0.3) is 0 Å². The molecule has 0 aromatic heterocycles. The number of thiocarbonyl (C=S) groups is 1. The molecule has 2 rings (SSSR count). The van der Waals surface area contributed by atoms with Crippen molar-refractivity contribution in [1.29, 1.82) is 0 Å². The van der Waals surface area contributed by atoms with Crippen LogP contribution in [0.5, 0.6) is 0 Å². The number of benzene rings is 1. The Morgan fingerprint density at radius 1 is 1.23 bits per heavy atom. The zero-order valence-corrected chi connectivity index (χ0v) is 15.8. The zero-order valence-electron chi connectivity index (χ0n) is 13.4. The molecular formula is C17H26BrN3S. The maximum atomic E-state index is 5.33. The molecule has 22 heavy (non-hydrogen) atoms. The van der Waals surface area contributed by atoms with E-state index in [0.717, 1.165) is 41.5 Å². The van der Waals surface area contributed by atoms with Gasteiger partial charge >= 0.3 is 0 Å². The van der Waals surface area contributed by atoms with Crippen LogP contribution in [0, 0.1) is 11.8 Å². The third kappa shape index (κ3) is 6.23. The summed E-state index contributed by atoms with van der Waals surface area (Å²) in [5.41, 5.74) is 1.01. The van der Waals surface area contributed by atoms with Crippen molar-refractivity contribution in [2.24, 2.45) is 11.8 Å². The van der Waals surface area contributed by atoms with Crippen molar-refractivity contribution >= 4 is 38.9 Å². The van der Waals surface area contributed by atoms with Crippen LogP contribution in [0.1, 0.15) is 26.7 Å². The van der Waals surface area contributed by atoms with Gasteiger partial charge < -0.3 is 15.5 Å². The van der Waals surface area contributed by atoms with Crippen molar-refractivity contribution < 1.29 is 0 Å². The number of halogens is 1. The molecule has 2 N–H and O–H groups in total. The number of hydrogen-bond acceptors (Lipinski definition) is 2. The molecule has 1 heterocycles. The Morgan fingerprint density at radius 2 is 1.86 bits per heavy atom. The summed E-state index contributed by atoms with van der Waals surface area (Å²) in [6, 6.07) is 8.02. The van der Waals surface area contributed by atoms with Gasteiger partial charge in [-0.25, -0.2) is 0 Å². The van der Waals surface area contributed by atoms with E-state index in [1.807, 2.05) is 24.3 Å². The minimum atomic E-state index is 0.697. The second-order valence-corrected chi connectivity index (χ2v) is 7.77. The summed E-state index contributed by atoms with van der Waals surface area (Å²) in [5.74, 6) is 1.66. The molecule has 0 spiro atoms. The van der Waals surface area contributed by atoms with Gasteiger partial charge in [-0.2, -0.15) is 0 Å². The van der Waals surface area contributed by atoms with Gasteiger partial charge in [0.15, 0.2) is 5.11 Å². The molecular weight excluding hydrogens is 358 g/mol. The van der Waals surface area contributed by atoms with Crippen LogP contribution in [-0.2, 0) is 0 Å². The van der Waals surface area contributed by atoms with Crippen LogP contribution in [0.15, 0.2) is 28.7 Å². The lowest BCUT2D eigenvalue weighted by Crippen LogP contribution is -2.40. The predicted molar refractivity (Wildman–Crippen MR) is 102 cm³/mol. The second-order valence-electron chi connectivity index (χ2n) is 6.45. The monoisotopic (exact) mass is 383 g/mol. The van der Waals surface area contributed by atoms with Crippen LogP contribution >= 0.6 is 28.1 Å². The Labute approximate surface area is 148 Å². The summed E-state index contributed by atoms with van der Waals surface area (Å²) >= 11 is 8.76. The first-order chi connectivity index (χ1) is 10.5. The molecule has 3 nitrogen and oxygen atoms in total. The summed E-state index contributed by atoms with van der Waals surface area (Å²) in [5, 5.41) is 7.19. The number of nitrogens with one attached hydrogen (secondary N) is 2. The molecule has 1 aromatic carbocycles. The molecule has 5 heteroatoms. The van der Waals surface area contributed by atoms with Crippen molar-refractivity contribution in [2.75, 3.05) is 31.5 Å². The third-order valence-corrected chi connectivity index (χ3v) is 4.76. The Balaban J connectivity index is 1.62. The number of likely N-dealkylation sites (tertiary alicyclic amines) is 1. The Morgan fingerprint density at radius 3 is 2.50 bits per heavy atom. The number of hydrogen-bond donors (Lipinski definition) is 2. The largest absolute Gasteiger partial charge is 0.362 e. The first-order valence-electron chi connectivity index (χ1n) is 8.05. The number of anilines is 1. The first kappa shape index (κ1) is 17.7. The molecule has 2 atom stereocenters. The highest BCUT2D eigenvalue weighted by Crippen LogP contribution is 2.20. The lowest BCUT2D eigenvalue weighted by atomic mass is 9.92. The third-order valence-electron chi connectivity index (χ3n) is 3.98. The molecule has 0 saturated carbocycles. The van der Waals surface area contributed by atoms with E-state index >= 15 is 0 Å². The number of nitrogens with zero attached hydrogens (tertiary/aromatic N) is 1. The van der Waals surface area contributed by atoms with E-state index in [4.69, 9.17) is 12.2 Å². The van der Waals surface area contributed by atoms with Gasteiger partial charge in [0.1, 0.15) is 0 Å². The van der Waals surface area contributed by atoms with E-state index < -0.39 is 0 Å². The summed E-state index contributed by atoms with van der Waals surface area (Å²) in [6.45, 7) is 9.28. The minimum absolute atomic E-state index is 0.697. The number of rotatable bonds is 5. The fourth-order valence-corrected chi connectivity index (χ4v) is 3.67. The quantitative estimate of drug-likeness (QED) is 0.590. The molecule has 0 aliphatic carbocycles. The van der Waals surface area contributed by atoms with Crippen molar-refractivity contribution in [3.63, 3.8) is 0 Å². The molecule has 122 valence electrons. The Kier molecular flexibility index (Phi) is 7.12. The highest BCUT2D eigenvalue weighted by molar-refractivity contribution is 9.10. The van der Waals surface area contributed by atoms with Gasteiger partial charge in [-0.1, -0.05) is 29.8 Å². The van der Waals surface area contributed by atoms with Crippen LogP contribution in [0.3, 0.4) is 0 Å². The van der Waals surface area contributed by atoms with Crippen LogP contribution in [0.2, 0.25) is 0 Å². The van der Waals surface area contributed by atoms with Crippen LogP contribution < -0.4 is 10.6 Å². The maximum Gasteiger partial charge on any atom is 0.170 e. The summed E-state index contributed by atoms with van der Waals surface area (Å²) in [7, 11) is 0. The average Bonchev–Trinajstić information content (AvgIpc) is 2.45. The van der Waals surface area contributed by atoms with E-state index in [0.29, 0.717) is 5.11 Å². The predicted octanol–water partition coefficient (Wildman–Crippen LogP) is 4.10. The Bertz CT molecular complexity index is 467. The topological polar surface area (TPSA) is 27.3 Å². The highest BCUT2D eigenvalue weighted by atomic mass is 79.9. The lowest BCUT2D eigenvalue weighted by molar-refractivity contribution is 0.140. The normalized spacial score (nSPS) is 22.3. The van der Waals surface area contributed by atoms with E-state index in [-0.39, 0.29) is 0 Å². The zero-order chi connectivity index (χ0) is 15.9. The van der Waals surface area contributed by atoms with E-state index in [9.17, 15) is 0 Å². The van der Waals surface area contributed by atoms with Gasteiger partial charge in [0.2, 0.25) is 0 Å². The van der Waals surface area contributed by atoms with E-state index in [1.165, 1.54) is 19.5 Å².